The number of benzene rings is 1. The number of hydrogen-bond donors (Lipinski definition) is 1. The molecule has 3 amide bonds. The van der Waals surface area contributed by atoms with E-state index in [9.17, 15) is 14.4 Å². The summed E-state index contributed by atoms with van der Waals surface area (Å²) in [7, 11) is 0. The fourth-order valence-corrected chi connectivity index (χ4v) is 6.22. The third-order valence-electron chi connectivity index (χ3n) is 7.07. The van der Waals surface area contributed by atoms with E-state index in [1.807, 2.05) is 67.8 Å². The third-order valence-corrected chi connectivity index (χ3v) is 8.33. The first-order chi connectivity index (χ1) is 16.7. The van der Waals surface area contributed by atoms with Gasteiger partial charge in [-0.05, 0) is 50.2 Å². The number of nitrogens with one attached hydrogen (secondary N) is 1. The molecule has 2 fully saturated rings. The van der Waals surface area contributed by atoms with E-state index in [0.717, 1.165) is 48.4 Å². The predicted octanol–water partition coefficient (Wildman–Crippen LogP) is 5.57. The number of nitrogens with zero attached hydrogens (tertiary/aromatic N) is 2. The molecule has 1 aromatic heterocycles. The molecule has 2 aliphatic rings. The van der Waals surface area contributed by atoms with Crippen molar-refractivity contribution in [1.29, 1.82) is 0 Å². The molecule has 4 rings (SSSR count). The standard InChI is InChI=1S/C28H37N3O3S/c1-19-22(26(33)30-15-9-6-10-16-30)25(35-23(19)20-11-7-5-8-12-20)29-24(32)21-13-17-31(18-14-21)27(34)28(2,3)4/h5,7-8,11-12,21H,6,9-10,13-18H2,1-4H3,(H,29,32). The van der Waals surface area contributed by atoms with Crippen LogP contribution in [0.25, 0.3) is 10.4 Å². The SMILES string of the molecule is Cc1c(-c2ccccc2)sc(NC(=O)C2CCN(C(=O)C(C)(C)C)CC2)c1C(=O)N1CCCCC1. The van der Waals surface area contributed by atoms with Crippen molar-refractivity contribution < 1.29 is 14.4 Å². The van der Waals surface area contributed by atoms with Crippen LogP contribution >= 0.6 is 11.3 Å². The number of carbonyl (C=O) groups is 3. The molecule has 0 bridgehead atoms. The molecule has 2 saturated heterocycles. The van der Waals surface area contributed by atoms with Gasteiger partial charge in [0.25, 0.3) is 5.91 Å². The van der Waals surface area contributed by atoms with Crippen LogP contribution in [0.2, 0.25) is 0 Å². The van der Waals surface area contributed by atoms with Gasteiger partial charge < -0.3 is 15.1 Å². The fourth-order valence-electron chi connectivity index (χ4n) is 5.01. The van der Waals surface area contributed by atoms with Crippen molar-refractivity contribution in [2.45, 2.75) is 59.8 Å². The smallest absolute Gasteiger partial charge is 0.257 e. The number of piperidine rings is 2. The molecule has 2 aromatic rings. The molecule has 0 atom stereocenters. The van der Waals surface area contributed by atoms with Crippen molar-refractivity contribution in [3.8, 4) is 10.4 Å². The van der Waals surface area contributed by atoms with Gasteiger partial charge in [0.15, 0.2) is 0 Å². The van der Waals surface area contributed by atoms with Gasteiger partial charge in [-0.1, -0.05) is 51.1 Å². The Bertz CT molecular complexity index is 1070. The van der Waals surface area contributed by atoms with Crippen LogP contribution < -0.4 is 5.32 Å². The lowest BCUT2D eigenvalue weighted by molar-refractivity contribution is -0.142. The van der Waals surface area contributed by atoms with Crippen LogP contribution in [0.15, 0.2) is 30.3 Å². The first-order valence-corrected chi connectivity index (χ1v) is 13.6. The van der Waals surface area contributed by atoms with E-state index in [4.69, 9.17) is 0 Å². The molecule has 0 spiro atoms. The molecule has 3 heterocycles. The molecule has 7 heteroatoms. The summed E-state index contributed by atoms with van der Waals surface area (Å²) in [4.78, 5) is 44.3. The maximum Gasteiger partial charge on any atom is 0.257 e. The normalized spacial score (nSPS) is 17.4. The minimum Gasteiger partial charge on any atom is -0.342 e. The fraction of sp³-hybridized carbons (Fsp3) is 0.536. The van der Waals surface area contributed by atoms with Crippen molar-refractivity contribution >= 4 is 34.1 Å². The summed E-state index contributed by atoms with van der Waals surface area (Å²) in [6, 6.07) is 10.0. The van der Waals surface area contributed by atoms with E-state index in [2.05, 4.69) is 5.32 Å². The lowest BCUT2D eigenvalue weighted by atomic mass is 9.90. The number of amides is 3. The van der Waals surface area contributed by atoms with Crippen molar-refractivity contribution in [3.63, 3.8) is 0 Å². The van der Waals surface area contributed by atoms with Gasteiger partial charge in [-0.3, -0.25) is 14.4 Å². The van der Waals surface area contributed by atoms with Crippen LogP contribution in [-0.2, 0) is 9.59 Å². The number of thiophene rings is 1. The van der Waals surface area contributed by atoms with E-state index in [-0.39, 0.29) is 23.6 Å². The molecule has 0 unspecified atom stereocenters. The van der Waals surface area contributed by atoms with Gasteiger partial charge in [0, 0.05) is 42.4 Å². The van der Waals surface area contributed by atoms with Gasteiger partial charge in [-0.15, -0.1) is 11.3 Å². The van der Waals surface area contributed by atoms with Crippen LogP contribution in [0, 0.1) is 18.3 Å². The molecule has 0 saturated carbocycles. The number of carbonyl (C=O) groups excluding carboxylic acids is 3. The van der Waals surface area contributed by atoms with Crippen LogP contribution in [0.1, 0.15) is 68.8 Å². The molecule has 2 aliphatic heterocycles. The minimum atomic E-state index is -0.416. The molecular weight excluding hydrogens is 458 g/mol. The predicted molar refractivity (Wildman–Crippen MR) is 142 cm³/mol. The Morgan fingerprint density at radius 1 is 0.914 bits per heavy atom. The summed E-state index contributed by atoms with van der Waals surface area (Å²) < 4.78 is 0. The molecular formula is C28H37N3O3S. The highest BCUT2D eigenvalue weighted by atomic mass is 32.1. The quantitative estimate of drug-likeness (QED) is 0.603. The van der Waals surface area contributed by atoms with E-state index >= 15 is 0 Å². The maximum absolute atomic E-state index is 13.6. The Morgan fingerprint density at radius 2 is 1.54 bits per heavy atom. The van der Waals surface area contributed by atoms with Gasteiger partial charge in [0.2, 0.25) is 11.8 Å². The summed E-state index contributed by atoms with van der Waals surface area (Å²) in [6.45, 7) is 10.5. The van der Waals surface area contributed by atoms with Crippen LogP contribution in [0.4, 0.5) is 5.00 Å². The maximum atomic E-state index is 13.6. The number of anilines is 1. The second-order valence-electron chi connectivity index (χ2n) is 10.8. The molecule has 0 radical (unpaired) electrons. The lowest BCUT2D eigenvalue weighted by Gasteiger charge is -2.35. The molecule has 0 aliphatic carbocycles. The zero-order valence-corrected chi connectivity index (χ0v) is 22.2. The summed E-state index contributed by atoms with van der Waals surface area (Å²) >= 11 is 1.49. The molecule has 1 aromatic carbocycles. The highest BCUT2D eigenvalue weighted by molar-refractivity contribution is 7.20. The Kier molecular flexibility index (Phi) is 7.64. The first-order valence-electron chi connectivity index (χ1n) is 12.7. The average molecular weight is 496 g/mol. The minimum absolute atomic E-state index is 0.0153. The van der Waals surface area contributed by atoms with Gasteiger partial charge in [-0.2, -0.15) is 0 Å². The second kappa shape index (κ2) is 10.5. The Balaban J connectivity index is 1.55. The van der Waals surface area contributed by atoms with Gasteiger partial charge in [0.05, 0.1) is 5.56 Å². The van der Waals surface area contributed by atoms with Crippen molar-refractivity contribution in [2.24, 2.45) is 11.3 Å². The Labute approximate surface area is 212 Å². The summed E-state index contributed by atoms with van der Waals surface area (Å²) in [6.07, 6.45) is 4.47. The Morgan fingerprint density at radius 3 is 2.14 bits per heavy atom. The summed E-state index contributed by atoms with van der Waals surface area (Å²) in [5, 5.41) is 3.78. The van der Waals surface area contributed by atoms with Crippen molar-refractivity contribution in [1.82, 2.24) is 9.80 Å². The average Bonchev–Trinajstić information content (AvgIpc) is 3.19. The van der Waals surface area contributed by atoms with Crippen LogP contribution in [0.5, 0.6) is 0 Å². The number of hydrogen-bond acceptors (Lipinski definition) is 4. The largest absolute Gasteiger partial charge is 0.342 e. The first kappa shape index (κ1) is 25.4. The molecule has 35 heavy (non-hydrogen) atoms. The third kappa shape index (κ3) is 5.61. The van der Waals surface area contributed by atoms with Gasteiger partial charge >= 0.3 is 0 Å². The second-order valence-corrected chi connectivity index (χ2v) is 11.8. The van der Waals surface area contributed by atoms with E-state index < -0.39 is 5.41 Å². The molecule has 6 nitrogen and oxygen atoms in total. The Hall–Kier alpha value is -2.67. The zero-order chi connectivity index (χ0) is 25.2. The number of likely N-dealkylation sites (tertiary alicyclic amines) is 2. The van der Waals surface area contributed by atoms with E-state index in [0.29, 0.717) is 36.5 Å². The lowest BCUT2D eigenvalue weighted by Crippen LogP contribution is -2.45. The van der Waals surface area contributed by atoms with E-state index in [1.165, 1.54) is 11.3 Å². The van der Waals surface area contributed by atoms with Crippen molar-refractivity contribution in [2.75, 3.05) is 31.5 Å². The van der Waals surface area contributed by atoms with E-state index in [1.54, 1.807) is 0 Å². The topological polar surface area (TPSA) is 69.7 Å². The molecule has 1 N–H and O–H groups in total. The highest BCUT2D eigenvalue weighted by Gasteiger charge is 2.34. The van der Waals surface area contributed by atoms with Gasteiger partial charge in [0.1, 0.15) is 5.00 Å². The zero-order valence-electron chi connectivity index (χ0n) is 21.4. The number of rotatable bonds is 4. The summed E-state index contributed by atoms with van der Waals surface area (Å²) in [5.74, 6) is -0.0744. The monoisotopic (exact) mass is 495 g/mol. The highest BCUT2D eigenvalue weighted by Crippen LogP contribution is 2.41. The van der Waals surface area contributed by atoms with Gasteiger partial charge in [-0.25, -0.2) is 0 Å². The summed E-state index contributed by atoms with van der Waals surface area (Å²) in [5.41, 5.74) is 2.19. The molecule has 188 valence electrons. The van der Waals surface area contributed by atoms with Crippen LogP contribution in [0.3, 0.4) is 0 Å². The van der Waals surface area contributed by atoms with Crippen molar-refractivity contribution in [3.05, 3.63) is 41.5 Å². The van der Waals surface area contributed by atoms with Crippen LogP contribution in [-0.4, -0.2) is 53.7 Å².